The number of halogens is 5. The van der Waals surface area contributed by atoms with Crippen LogP contribution in [-0.2, 0) is 10.8 Å². The summed E-state index contributed by atoms with van der Waals surface area (Å²) in [6.07, 6.45) is 11.7. The summed E-state index contributed by atoms with van der Waals surface area (Å²) in [5.41, 5.74) is 9.67. The van der Waals surface area contributed by atoms with Crippen molar-refractivity contribution in [1.29, 1.82) is 0 Å². The Morgan fingerprint density at radius 1 is 0.600 bits per heavy atom. The van der Waals surface area contributed by atoms with Crippen molar-refractivity contribution < 1.29 is 0 Å². The highest BCUT2D eigenvalue weighted by molar-refractivity contribution is 9.10. The Balaban J connectivity index is 0.000000164. The minimum Gasteiger partial charge on any atom is -0.254 e. The molecule has 210 valence electrons. The van der Waals surface area contributed by atoms with Crippen LogP contribution < -0.4 is 0 Å². The van der Waals surface area contributed by atoms with Gasteiger partial charge in [-0.25, -0.2) is 0 Å². The summed E-state index contributed by atoms with van der Waals surface area (Å²) < 4.78 is 1.31. The van der Waals surface area contributed by atoms with Crippen molar-refractivity contribution in [3.8, 4) is 22.8 Å². The van der Waals surface area contributed by atoms with Gasteiger partial charge in [0.15, 0.2) is 4.30 Å². The van der Waals surface area contributed by atoms with E-state index in [-0.39, 0.29) is 10.8 Å². The maximum atomic E-state index is 4.81. The SMILES string of the molecule is CCC1(CC)c2cc(Br)cnc2-c2ncc(Br)cc21.CCC1(CC)c2cccnc2-c2ncccc21.ClC(Cl)Cl. The number of hydrogen-bond acceptors (Lipinski definition) is 4. The Hall–Kier alpha value is -1.57. The zero-order chi connectivity index (χ0) is 29.1. The first-order valence-corrected chi connectivity index (χ1v) is 16.2. The highest BCUT2D eigenvalue weighted by Gasteiger charge is 2.43. The van der Waals surface area contributed by atoms with Crippen LogP contribution in [0.5, 0.6) is 0 Å². The van der Waals surface area contributed by atoms with Crippen LogP contribution in [0.4, 0.5) is 0 Å². The molecule has 0 saturated heterocycles. The highest BCUT2D eigenvalue weighted by atomic mass is 79.9. The lowest BCUT2D eigenvalue weighted by atomic mass is 9.74. The zero-order valence-corrected chi connectivity index (χ0v) is 28.3. The number of pyridine rings is 4. The van der Waals surface area contributed by atoms with Crippen LogP contribution in [0.1, 0.15) is 75.6 Å². The van der Waals surface area contributed by atoms with Gasteiger partial charge in [0.05, 0.1) is 22.8 Å². The molecule has 4 aromatic rings. The van der Waals surface area contributed by atoms with E-state index >= 15 is 0 Å². The third-order valence-corrected chi connectivity index (χ3v) is 9.12. The van der Waals surface area contributed by atoms with Gasteiger partial charge >= 0.3 is 0 Å². The zero-order valence-electron chi connectivity index (χ0n) is 22.9. The minimum absolute atomic E-state index is 0.0399. The van der Waals surface area contributed by atoms with Crippen LogP contribution in [-0.4, -0.2) is 24.2 Å². The van der Waals surface area contributed by atoms with E-state index in [0.717, 1.165) is 57.4 Å². The minimum atomic E-state index is -0.750. The molecule has 0 unspecified atom stereocenters. The summed E-state index contributed by atoms with van der Waals surface area (Å²) >= 11 is 21.5. The molecule has 0 saturated carbocycles. The summed E-state index contributed by atoms with van der Waals surface area (Å²) in [6.45, 7) is 8.99. The molecular formula is C31H31Br2Cl3N4. The van der Waals surface area contributed by atoms with Gasteiger partial charge < -0.3 is 0 Å². The van der Waals surface area contributed by atoms with Crippen molar-refractivity contribution >= 4 is 66.7 Å². The van der Waals surface area contributed by atoms with Gasteiger partial charge in [-0.1, -0.05) is 74.6 Å². The fraction of sp³-hybridized carbons (Fsp3) is 0.355. The molecule has 0 spiro atoms. The number of fused-ring (bicyclic) bond motifs is 6. The number of alkyl halides is 3. The van der Waals surface area contributed by atoms with Crippen LogP contribution in [0.25, 0.3) is 22.8 Å². The van der Waals surface area contributed by atoms with Crippen molar-refractivity contribution in [2.45, 2.75) is 68.5 Å². The molecule has 0 atom stereocenters. The quantitative estimate of drug-likeness (QED) is 0.197. The number of rotatable bonds is 4. The molecule has 9 heteroatoms. The predicted octanol–water partition coefficient (Wildman–Crippen LogP) is 10.6. The fourth-order valence-electron chi connectivity index (χ4n) is 6.26. The number of hydrogen-bond donors (Lipinski definition) is 0. The van der Waals surface area contributed by atoms with Crippen LogP contribution >= 0.6 is 66.7 Å². The van der Waals surface area contributed by atoms with E-state index in [1.54, 1.807) is 0 Å². The van der Waals surface area contributed by atoms with Crippen molar-refractivity contribution in [2.75, 3.05) is 0 Å². The van der Waals surface area contributed by atoms with E-state index < -0.39 is 4.30 Å². The molecule has 0 bridgehead atoms. The molecule has 0 radical (unpaired) electrons. The third kappa shape index (κ3) is 5.59. The second-order valence-electron chi connectivity index (χ2n) is 9.72. The van der Waals surface area contributed by atoms with Gasteiger partial charge in [0, 0.05) is 44.6 Å². The Morgan fingerprint density at radius 3 is 1.27 bits per heavy atom. The van der Waals surface area contributed by atoms with Gasteiger partial charge in [0.25, 0.3) is 0 Å². The first-order chi connectivity index (χ1) is 19.2. The maximum absolute atomic E-state index is 4.81. The summed E-state index contributed by atoms with van der Waals surface area (Å²) in [7, 11) is 0. The smallest absolute Gasteiger partial charge is 0.180 e. The Labute approximate surface area is 268 Å². The molecule has 4 aromatic heterocycles. The van der Waals surface area contributed by atoms with Gasteiger partial charge in [-0.15, -0.1) is 0 Å². The van der Waals surface area contributed by atoms with Crippen molar-refractivity contribution in [3.05, 3.63) is 92.4 Å². The van der Waals surface area contributed by atoms with E-state index in [2.05, 4.69) is 104 Å². The lowest BCUT2D eigenvalue weighted by Crippen LogP contribution is -2.23. The summed E-state index contributed by atoms with van der Waals surface area (Å²) in [6, 6.07) is 12.9. The lowest BCUT2D eigenvalue weighted by molar-refractivity contribution is 0.488. The highest BCUT2D eigenvalue weighted by Crippen LogP contribution is 2.52. The molecular weight excluding hydrogens is 695 g/mol. The predicted molar refractivity (Wildman–Crippen MR) is 174 cm³/mol. The first-order valence-electron chi connectivity index (χ1n) is 13.3. The van der Waals surface area contributed by atoms with E-state index in [4.69, 9.17) is 34.8 Å². The Morgan fingerprint density at radius 2 is 0.925 bits per heavy atom. The topological polar surface area (TPSA) is 51.6 Å². The largest absolute Gasteiger partial charge is 0.254 e. The molecule has 0 amide bonds. The van der Waals surface area contributed by atoms with Gasteiger partial charge in [-0.2, -0.15) is 0 Å². The molecule has 4 heterocycles. The molecule has 4 nitrogen and oxygen atoms in total. The average molecular weight is 726 g/mol. The van der Waals surface area contributed by atoms with Crippen LogP contribution in [0.2, 0.25) is 0 Å². The van der Waals surface area contributed by atoms with E-state index in [1.165, 1.54) is 22.3 Å². The molecule has 2 aliphatic carbocycles. The fourth-order valence-corrected chi connectivity index (χ4v) is 6.92. The summed E-state index contributed by atoms with van der Waals surface area (Å²) in [5.74, 6) is 0. The molecule has 6 rings (SSSR count). The molecule has 0 N–H and O–H groups in total. The van der Waals surface area contributed by atoms with Crippen molar-refractivity contribution in [2.24, 2.45) is 0 Å². The van der Waals surface area contributed by atoms with Gasteiger partial charge in [0.2, 0.25) is 0 Å². The maximum Gasteiger partial charge on any atom is 0.180 e. The normalized spacial score (nSPS) is 14.7. The first kappa shape index (κ1) is 31.4. The molecule has 40 heavy (non-hydrogen) atoms. The molecule has 2 aliphatic rings. The molecule has 0 fully saturated rings. The molecule has 0 aliphatic heterocycles. The molecule has 0 aromatic carbocycles. The lowest BCUT2D eigenvalue weighted by Gasteiger charge is -2.29. The monoisotopic (exact) mass is 722 g/mol. The number of nitrogens with zero attached hydrogens (tertiary/aromatic N) is 4. The van der Waals surface area contributed by atoms with Crippen LogP contribution in [0, 0.1) is 0 Å². The number of aromatic nitrogens is 4. The second kappa shape index (κ2) is 13.2. The van der Waals surface area contributed by atoms with Gasteiger partial charge in [-0.3, -0.25) is 19.9 Å². The van der Waals surface area contributed by atoms with Crippen molar-refractivity contribution in [1.82, 2.24) is 19.9 Å². The van der Waals surface area contributed by atoms with E-state index in [1.807, 2.05) is 36.9 Å². The van der Waals surface area contributed by atoms with Gasteiger partial charge in [-0.05, 0) is 104 Å². The van der Waals surface area contributed by atoms with Crippen molar-refractivity contribution in [3.63, 3.8) is 0 Å². The average Bonchev–Trinajstić information content (AvgIpc) is 3.40. The summed E-state index contributed by atoms with van der Waals surface area (Å²) in [5, 5.41) is 0. The Kier molecular flexibility index (Phi) is 10.3. The van der Waals surface area contributed by atoms with E-state index in [9.17, 15) is 0 Å². The van der Waals surface area contributed by atoms with Crippen LogP contribution in [0.3, 0.4) is 0 Å². The second-order valence-corrected chi connectivity index (χ2v) is 13.5. The van der Waals surface area contributed by atoms with Gasteiger partial charge in [0.1, 0.15) is 0 Å². The van der Waals surface area contributed by atoms with E-state index in [0.29, 0.717) is 0 Å². The standard InChI is InChI=1S/C15H14Br2N2.C15H16N2.CHCl3/c1-3-15(4-2)11-5-9(16)7-18-13(11)14-12(15)6-10(17)8-19-14;1-3-15(4-2)11-7-5-9-16-13(11)14-12(15)8-6-10-17-14;2-1(3)4/h5-8H,3-4H2,1-2H3;5-10H,3-4H2,1-2H3;1H. The third-order valence-electron chi connectivity index (χ3n) is 8.25. The Bertz CT molecular complexity index is 1380. The summed E-state index contributed by atoms with van der Waals surface area (Å²) in [4.78, 5) is 18.3. The van der Waals surface area contributed by atoms with Crippen LogP contribution in [0.15, 0.2) is 70.1 Å².